The van der Waals surface area contributed by atoms with E-state index in [1.54, 1.807) is 24.3 Å². The van der Waals surface area contributed by atoms with Crippen LogP contribution >= 0.6 is 0 Å². The highest BCUT2D eigenvalue weighted by molar-refractivity contribution is 6.25. The van der Waals surface area contributed by atoms with E-state index >= 15 is 0 Å². The molecule has 0 spiro atoms. The first-order chi connectivity index (χ1) is 15.9. The number of hydrogen-bond donors (Lipinski definition) is 0. The van der Waals surface area contributed by atoms with Crippen molar-refractivity contribution in [2.75, 3.05) is 4.90 Å². The van der Waals surface area contributed by atoms with Crippen molar-refractivity contribution in [2.45, 2.75) is 25.2 Å². The van der Waals surface area contributed by atoms with Gasteiger partial charge in [0.15, 0.2) is 5.78 Å². The number of carbonyl (C=O) groups is 4. The highest BCUT2D eigenvalue weighted by Gasteiger charge is 2.69. The Kier molecular flexibility index (Phi) is 3.95. The number of carbonyl (C=O) groups excluding carboxylic acids is 4. The maximum absolute atomic E-state index is 14.0. The summed E-state index contributed by atoms with van der Waals surface area (Å²) >= 11 is 0. The van der Waals surface area contributed by atoms with E-state index in [9.17, 15) is 19.2 Å². The molecule has 1 fully saturated rings. The monoisotopic (exact) mass is 435 g/mol. The van der Waals surface area contributed by atoms with Crippen molar-refractivity contribution < 1.29 is 19.2 Å². The number of hydrogen-bond acceptors (Lipinski definition) is 4. The summed E-state index contributed by atoms with van der Waals surface area (Å²) in [5.74, 6) is -2.62. The molecule has 162 valence electrons. The number of imide groups is 1. The van der Waals surface area contributed by atoms with Crippen molar-refractivity contribution in [1.29, 1.82) is 0 Å². The van der Waals surface area contributed by atoms with E-state index in [0.717, 1.165) is 22.3 Å². The first-order valence-electron chi connectivity index (χ1n) is 11.1. The van der Waals surface area contributed by atoms with E-state index in [4.69, 9.17) is 0 Å². The third-order valence-corrected chi connectivity index (χ3v) is 7.71. The number of amides is 2. The van der Waals surface area contributed by atoms with Crippen LogP contribution < -0.4 is 4.90 Å². The van der Waals surface area contributed by atoms with Crippen molar-refractivity contribution in [1.82, 2.24) is 0 Å². The van der Waals surface area contributed by atoms with E-state index in [-0.39, 0.29) is 29.3 Å². The van der Waals surface area contributed by atoms with Gasteiger partial charge in [0.1, 0.15) is 5.78 Å². The van der Waals surface area contributed by atoms with Crippen molar-refractivity contribution in [3.05, 3.63) is 101 Å². The zero-order valence-corrected chi connectivity index (χ0v) is 18.2. The van der Waals surface area contributed by atoms with E-state index in [1.165, 1.54) is 18.7 Å². The van der Waals surface area contributed by atoms with Gasteiger partial charge in [0.05, 0.1) is 22.9 Å². The summed E-state index contributed by atoms with van der Waals surface area (Å²) in [6, 6.07) is 21.9. The Labute approximate surface area is 191 Å². The lowest BCUT2D eigenvalue weighted by Gasteiger charge is -2.52. The Balaban J connectivity index is 1.61. The number of ketones is 2. The van der Waals surface area contributed by atoms with Crippen LogP contribution in [-0.4, -0.2) is 23.4 Å². The largest absolute Gasteiger partial charge is 0.299 e. The molecule has 1 heterocycles. The molecule has 0 radical (unpaired) electrons. The molecular formula is C28H21NO4. The fourth-order valence-corrected chi connectivity index (χ4v) is 6.47. The van der Waals surface area contributed by atoms with Crippen LogP contribution in [0.2, 0.25) is 0 Å². The fourth-order valence-electron chi connectivity index (χ4n) is 6.47. The molecule has 1 aliphatic heterocycles. The predicted octanol–water partition coefficient (Wildman–Crippen LogP) is 4.03. The van der Waals surface area contributed by atoms with E-state index in [0.29, 0.717) is 11.3 Å². The number of rotatable bonds is 3. The Hall–Kier alpha value is -3.86. The van der Waals surface area contributed by atoms with Crippen molar-refractivity contribution >= 4 is 29.1 Å². The first-order valence-corrected chi connectivity index (χ1v) is 11.1. The summed E-state index contributed by atoms with van der Waals surface area (Å²) in [7, 11) is 0. The predicted molar refractivity (Wildman–Crippen MR) is 122 cm³/mol. The summed E-state index contributed by atoms with van der Waals surface area (Å²) in [5, 5.41) is 0. The molecule has 5 nitrogen and oxygen atoms in total. The molecule has 2 bridgehead atoms. The second-order valence-electron chi connectivity index (χ2n) is 9.13. The van der Waals surface area contributed by atoms with Gasteiger partial charge in [-0.3, -0.25) is 19.2 Å². The Morgan fingerprint density at radius 1 is 0.758 bits per heavy atom. The zero-order valence-electron chi connectivity index (χ0n) is 18.2. The summed E-state index contributed by atoms with van der Waals surface area (Å²) < 4.78 is 0. The Bertz CT molecular complexity index is 1340. The van der Waals surface area contributed by atoms with Gasteiger partial charge in [0.2, 0.25) is 11.8 Å². The third kappa shape index (κ3) is 2.26. The van der Waals surface area contributed by atoms with Gasteiger partial charge in [-0.2, -0.15) is 0 Å². The van der Waals surface area contributed by atoms with Crippen molar-refractivity contribution in [3.8, 4) is 0 Å². The van der Waals surface area contributed by atoms with Gasteiger partial charge in [0.25, 0.3) is 0 Å². The molecule has 2 atom stereocenters. The maximum Gasteiger partial charge on any atom is 0.239 e. The lowest BCUT2D eigenvalue weighted by Crippen LogP contribution is -2.57. The molecule has 0 aromatic heterocycles. The quantitative estimate of drug-likeness (QED) is 0.460. The number of nitrogens with zero attached hydrogens (tertiary/aromatic N) is 1. The Morgan fingerprint density at radius 3 is 1.82 bits per heavy atom. The molecule has 33 heavy (non-hydrogen) atoms. The van der Waals surface area contributed by atoms with Crippen LogP contribution in [0.3, 0.4) is 0 Å². The molecule has 3 aliphatic carbocycles. The minimum atomic E-state index is -1.20. The average molecular weight is 435 g/mol. The molecule has 0 N–H and O–H groups in total. The smallest absolute Gasteiger partial charge is 0.239 e. The van der Waals surface area contributed by atoms with Gasteiger partial charge in [-0.05, 0) is 60.4 Å². The second kappa shape index (κ2) is 6.58. The first kappa shape index (κ1) is 19.8. The molecule has 1 saturated heterocycles. The van der Waals surface area contributed by atoms with Gasteiger partial charge in [-0.25, -0.2) is 4.90 Å². The van der Waals surface area contributed by atoms with Crippen LogP contribution in [0.5, 0.6) is 0 Å². The van der Waals surface area contributed by atoms with Gasteiger partial charge in [-0.1, -0.05) is 48.5 Å². The van der Waals surface area contributed by atoms with Gasteiger partial charge in [-0.15, -0.1) is 0 Å². The standard InChI is InChI=1S/C28H21NO4/c1-15(30)17-11-13-18(14-12-17)29-26(32)24-23-19-7-3-5-9-21(19)28(16(2)31,25(24)27(29)33)22-10-6-4-8-20(22)23/h3-14,23-25H,1-2H3/t23?,24-,25-,28?/m1/s1. The molecule has 7 rings (SSSR count). The molecular weight excluding hydrogens is 414 g/mol. The SMILES string of the molecule is CC(=O)c1ccc(N2C(=O)[C@@H]3C4c5ccccc5C(C(C)=O)(c5ccccc54)[C@H]3C2=O)cc1. The summed E-state index contributed by atoms with van der Waals surface area (Å²) in [6.07, 6.45) is 0. The molecule has 3 aromatic rings. The van der Waals surface area contributed by atoms with Gasteiger partial charge < -0.3 is 0 Å². The minimum Gasteiger partial charge on any atom is -0.299 e. The molecule has 0 saturated carbocycles. The summed E-state index contributed by atoms with van der Waals surface area (Å²) in [6.45, 7) is 3.00. The minimum absolute atomic E-state index is 0.0891. The fraction of sp³-hybridized carbons (Fsp3) is 0.214. The number of Topliss-reactive ketones (excluding diaryl/α,β-unsaturated/α-hetero) is 2. The lowest BCUT2D eigenvalue weighted by atomic mass is 9.46. The van der Waals surface area contributed by atoms with Crippen molar-refractivity contribution in [3.63, 3.8) is 0 Å². The normalized spacial score (nSPS) is 26.6. The highest BCUT2D eigenvalue weighted by Crippen LogP contribution is 2.64. The van der Waals surface area contributed by atoms with Crippen LogP contribution in [-0.2, 0) is 19.8 Å². The van der Waals surface area contributed by atoms with E-state index in [2.05, 4.69) is 0 Å². The van der Waals surface area contributed by atoms with Gasteiger partial charge >= 0.3 is 0 Å². The summed E-state index contributed by atoms with van der Waals surface area (Å²) in [4.78, 5) is 54.3. The molecule has 2 amide bonds. The molecule has 4 aliphatic rings. The molecule has 5 heteroatoms. The van der Waals surface area contributed by atoms with Crippen LogP contribution in [0, 0.1) is 11.8 Å². The highest BCUT2D eigenvalue weighted by atomic mass is 16.2. The second-order valence-corrected chi connectivity index (χ2v) is 9.13. The number of anilines is 1. The van der Waals surface area contributed by atoms with Crippen LogP contribution in [0.25, 0.3) is 0 Å². The maximum atomic E-state index is 14.0. The zero-order chi connectivity index (χ0) is 23.1. The lowest BCUT2D eigenvalue weighted by molar-refractivity contribution is -0.132. The average Bonchev–Trinajstić information content (AvgIpc) is 3.09. The van der Waals surface area contributed by atoms with Crippen LogP contribution in [0.4, 0.5) is 5.69 Å². The molecule has 0 unspecified atom stereocenters. The molecule has 3 aromatic carbocycles. The topological polar surface area (TPSA) is 71.5 Å². The third-order valence-electron chi connectivity index (χ3n) is 7.71. The van der Waals surface area contributed by atoms with E-state index < -0.39 is 17.3 Å². The van der Waals surface area contributed by atoms with Gasteiger partial charge in [0, 0.05) is 11.5 Å². The number of benzene rings is 3. The van der Waals surface area contributed by atoms with E-state index in [1.807, 2.05) is 48.5 Å². The Morgan fingerprint density at radius 2 is 1.30 bits per heavy atom. The summed E-state index contributed by atoms with van der Waals surface area (Å²) in [5.41, 5.74) is 3.29. The van der Waals surface area contributed by atoms with Crippen LogP contribution in [0.1, 0.15) is 52.4 Å². The van der Waals surface area contributed by atoms with Crippen molar-refractivity contribution in [2.24, 2.45) is 11.8 Å². The van der Waals surface area contributed by atoms with Crippen LogP contribution in [0.15, 0.2) is 72.8 Å².